The van der Waals surface area contributed by atoms with E-state index < -0.39 is 241 Å². The number of hydrogen-bond acceptors (Lipinski definition) is 45. The number of carbonyl (C=O) groups is 17. The number of hydrogen-bond donors (Lipinski definition) is 8. The molecule has 145 heavy (non-hydrogen) atoms. The van der Waals surface area contributed by atoms with Gasteiger partial charge in [-0.25, -0.2) is 0 Å². The van der Waals surface area contributed by atoms with Crippen molar-refractivity contribution in [2.45, 2.75) is 231 Å². The molecule has 0 radical (unpaired) electrons. The fourth-order valence-corrected chi connectivity index (χ4v) is 15.9. The van der Waals surface area contributed by atoms with Gasteiger partial charge >= 0.3 is 53.7 Å². The Bertz CT molecular complexity index is 3920. The number of nitriles is 1. The highest BCUT2D eigenvalue weighted by atomic mass is 31.2. The van der Waals surface area contributed by atoms with E-state index in [0.29, 0.717) is 12.2 Å². The first-order valence-electron chi connectivity index (χ1n) is 47.0. The van der Waals surface area contributed by atoms with E-state index in [9.17, 15) is 81.5 Å². The number of esters is 9. The van der Waals surface area contributed by atoms with Crippen molar-refractivity contribution in [3.05, 3.63) is 29.8 Å². The quantitative estimate of drug-likeness (QED) is 0.0112. The molecule has 54 heteroatoms. The zero-order chi connectivity index (χ0) is 107. The predicted octanol–water partition coefficient (Wildman–Crippen LogP) is -2.32. The van der Waals surface area contributed by atoms with Crippen LogP contribution in [0.4, 0.5) is 0 Å². The van der Waals surface area contributed by atoms with Crippen molar-refractivity contribution in [1.82, 2.24) is 52.3 Å². The number of nitrogens with one attached hydrogen (secondary N) is 8. The molecule has 4 rings (SSSR count). The first kappa shape index (κ1) is 127. The molecule has 3 saturated heterocycles. The summed E-state index contributed by atoms with van der Waals surface area (Å²) in [6.45, 7) is 9.20. The van der Waals surface area contributed by atoms with Gasteiger partial charge in [-0.2, -0.15) is 5.26 Å². The van der Waals surface area contributed by atoms with Crippen LogP contribution in [-0.2, 0) is 201 Å². The van der Waals surface area contributed by atoms with E-state index in [4.69, 9.17) is 123 Å². The van der Waals surface area contributed by atoms with Crippen molar-refractivity contribution < 1.29 is 200 Å². The summed E-state index contributed by atoms with van der Waals surface area (Å²) in [5.41, 5.74) is -0.753. The number of carbonyl (C=O) groups excluding carboxylic acids is 17. The summed E-state index contributed by atoms with van der Waals surface area (Å²) >= 11 is 0. The third-order valence-electron chi connectivity index (χ3n) is 20.1. The van der Waals surface area contributed by atoms with Gasteiger partial charge in [0.2, 0.25) is 47.3 Å². The molecule has 0 spiro atoms. The molecule has 1 aromatic carbocycles. The van der Waals surface area contributed by atoms with Crippen LogP contribution in [-0.4, -0.2) is 420 Å². The monoisotopic (exact) mass is 2090 g/mol. The molecule has 8 N–H and O–H groups in total. The first-order valence-corrected chi connectivity index (χ1v) is 48.2. The second kappa shape index (κ2) is 70.9. The minimum Gasteiger partial charge on any atom is -0.463 e. The van der Waals surface area contributed by atoms with Gasteiger partial charge in [-0.3, -0.25) is 91.3 Å². The van der Waals surface area contributed by atoms with Gasteiger partial charge in [0.1, 0.15) is 73.5 Å². The fourth-order valence-electron chi connectivity index (χ4n) is 14.3. The van der Waals surface area contributed by atoms with Crippen LogP contribution in [0.15, 0.2) is 24.3 Å². The lowest BCUT2D eigenvalue weighted by molar-refractivity contribution is -0.279. The van der Waals surface area contributed by atoms with Crippen molar-refractivity contribution in [2.24, 2.45) is 0 Å². The van der Waals surface area contributed by atoms with Crippen molar-refractivity contribution >= 4 is 109 Å². The molecule has 0 bridgehead atoms. The summed E-state index contributed by atoms with van der Waals surface area (Å²) in [6.07, 6.45) is -16.2. The fraction of sp³-hybridized carbons (Fsp3) is 0.736. The Hall–Kier alpha value is -10.8. The molecule has 0 aliphatic carbocycles. The highest BCUT2D eigenvalue weighted by Gasteiger charge is 2.55. The maximum Gasteiger partial charge on any atom is 0.303 e. The molecule has 820 valence electrons. The van der Waals surface area contributed by atoms with E-state index in [2.05, 4.69) is 48.6 Å². The minimum atomic E-state index is -1.64. The summed E-state index contributed by atoms with van der Waals surface area (Å²) in [5, 5.41) is 30.8. The summed E-state index contributed by atoms with van der Waals surface area (Å²) < 4.78 is 143. The smallest absolute Gasteiger partial charge is 0.303 e. The summed E-state index contributed by atoms with van der Waals surface area (Å²) in [6, 6.07) is 5.68. The van der Waals surface area contributed by atoms with Crippen LogP contribution in [0.1, 0.15) is 127 Å². The Morgan fingerprint density at radius 2 is 0.648 bits per heavy atom. The molecule has 3 aliphatic heterocycles. The van der Waals surface area contributed by atoms with Gasteiger partial charge in [-0.15, -0.1) is 0 Å². The number of amides is 8. The summed E-state index contributed by atoms with van der Waals surface area (Å²) in [4.78, 5) is 218. The van der Waals surface area contributed by atoms with E-state index in [1.165, 1.54) is 20.8 Å². The van der Waals surface area contributed by atoms with E-state index in [1.807, 2.05) is 50.1 Å². The predicted molar refractivity (Wildman–Crippen MR) is 497 cm³/mol. The first-order chi connectivity index (χ1) is 69.0. The summed E-state index contributed by atoms with van der Waals surface area (Å²) in [5.74, 6) is -10.7. The second-order valence-electron chi connectivity index (χ2n) is 33.3. The van der Waals surface area contributed by atoms with Gasteiger partial charge in [0, 0.05) is 141 Å². The maximum absolute atomic E-state index is 14.2. The van der Waals surface area contributed by atoms with Gasteiger partial charge in [-0.05, 0) is 52.3 Å². The third-order valence-corrected chi connectivity index (χ3v) is 22.3. The average Bonchev–Trinajstić information content (AvgIpc) is 0.790. The zero-order valence-electron chi connectivity index (χ0n) is 85.0. The maximum atomic E-state index is 14.2. The number of ether oxygens (including phenoxy) is 23. The Labute approximate surface area is 842 Å². The Balaban J connectivity index is 1.48. The lowest BCUT2D eigenvalue weighted by atomic mass is 9.96. The normalized spacial score (nSPS) is 20.9. The Morgan fingerprint density at radius 3 is 0.945 bits per heavy atom. The van der Waals surface area contributed by atoms with Crippen LogP contribution >= 0.6 is 8.38 Å². The molecular weight excluding hydrogens is 1950 g/mol. The van der Waals surface area contributed by atoms with Gasteiger partial charge in [-0.1, -0.05) is 12.1 Å². The lowest BCUT2D eigenvalue weighted by Crippen LogP contribution is -2.66. The molecule has 53 nitrogen and oxygen atoms in total. The van der Waals surface area contributed by atoms with Gasteiger partial charge in [0.25, 0.3) is 8.38 Å². The molecule has 8 amide bonds. The molecule has 3 heterocycles. The molecule has 0 saturated carbocycles. The molecular formula is C91H144N11O42P. The number of rotatable bonds is 72. The van der Waals surface area contributed by atoms with Crippen molar-refractivity contribution in [2.75, 3.05) is 206 Å². The number of nitrogens with zero attached hydrogens (tertiary/aromatic N) is 3. The standard InChI is InChI=1S/C91H144N11O42P/c1-56(103)97-78-84(138-65(10)112)81(135-62(7)109)70(50-131-59(4)106)141-87(78)128-47-44-122-39-30-94-74(116)24-35-125-53-91(54-126-36-25-75(117)95-31-40-123-45-48-129-88-79(98-57(2)104)85(139-66(11)113)82(136-63(8)110)71(142-88)51-132-60(5)107,55-127-37-26-76(118)96-32-41-124-46-49-130-89-80(99-58(3)105)86(140-67(12)114)83(137-64(9)111)72(143-89)52-133-61(6)108)100-77(119)27-34-120-42-43-121-38-29-93-73(115)23-20-68-18-21-69(22-19-68)144-145(134-33-17-28-92)90(101(13)14)102(15)16/h18-19,21-22,70-72,78-90H,17,20,23-27,29-55H2,1-16H3,(H,93,115)(H,94,116)(H,95,117)(H,96,118)(H,97,103)(H,98,104)(H,99,105)(H,100,119)/t70-,71-,72-,78-,79-,80-,81+,82+,83+,84-,85-,86-,87-,88-,89-,145?/m1/s1. The number of benzene rings is 1. The largest absolute Gasteiger partial charge is 0.463 e. The van der Waals surface area contributed by atoms with Gasteiger partial charge in [0.15, 0.2) is 55.5 Å². The van der Waals surface area contributed by atoms with Crippen molar-refractivity contribution in [1.29, 1.82) is 5.26 Å². The third kappa shape index (κ3) is 53.4. The average molecular weight is 2100 g/mol. The molecule has 3 aliphatic rings. The molecule has 0 aromatic heterocycles. The van der Waals surface area contributed by atoms with Crippen molar-refractivity contribution in [3.63, 3.8) is 0 Å². The molecule has 1 aromatic rings. The highest BCUT2D eigenvalue weighted by Crippen LogP contribution is 2.46. The van der Waals surface area contributed by atoms with Crippen LogP contribution in [0.5, 0.6) is 5.75 Å². The highest BCUT2D eigenvalue weighted by molar-refractivity contribution is 7.48. The van der Waals surface area contributed by atoms with Crippen LogP contribution < -0.4 is 47.1 Å². The Kier molecular flexibility index (Phi) is 61.9. The topological polar surface area (TPSA) is 647 Å². The molecule has 1 unspecified atom stereocenters. The van der Waals surface area contributed by atoms with Crippen molar-refractivity contribution in [3.8, 4) is 11.8 Å². The Morgan fingerprint density at radius 1 is 0.359 bits per heavy atom. The second-order valence-corrected chi connectivity index (χ2v) is 34.7. The van der Waals surface area contributed by atoms with Crippen LogP contribution in [0.2, 0.25) is 0 Å². The van der Waals surface area contributed by atoms with E-state index >= 15 is 0 Å². The van der Waals surface area contributed by atoms with Gasteiger partial charge < -0.3 is 161 Å². The lowest BCUT2D eigenvalue weighted by Gasteiger charge is -2.44. The van der Waals surface area contributed by atoms with Crippen LogP contribution in [0, 0.1) is 11.3 Å². The minimum absolute atomic E-state index is 0.0253. The van der Waals surface area contributed by atoms with E-state index in [-0.39, 0.29) is 189 Å². The van der Waals surface area contributed by atoms with Crippen LogP contribution in [0.3, 0.4) is 0 Å². The van der Waals surface area contributed by atoms with Gasteiger partial charge in [0.05, 0.1) is 145 Å². The van der Waals surface area contributed by atoms with E-state index in [0.717, 1.165) is 67.9 Å². The zero-order valence-corrected chi connectivity index (χ0v) is 85.9. The SMILES string of the molecule is CC(=O)N[C@H]1[C@H](OCCOCCNC(=O)CCOCC(COCCC(=O)NCCOCCO[C@@H]2O[C@H](COC(C)=O)[C@H](OC(C)=O)[C@H](OC(C)=O)[C@H]2NC(C)=O)(COCCC(=O)NCCOCCO[C@@H]2O[C@H](COC(C)=O)[C@H](OC(C)=O)[C@H](OC(C)=O)[C@H]2NC(C)=O)NC(=O)CCOCCOCCNC(=O)CCc2ccc(OP(OCCC#N)C(N(C)C)N(C)C)cc2)O[C@H](COC(C)=O)[C@H](OC(C)=O)[C@@H]1OC(C)=O. The van der Waals surface area contributed by atoms with E-state index in [1.54, 1.807) is 12.1 Å². The molecule has 3 fully saturated rings. The summed E-state index contributed by atoms with van der Waals surface area (Å²) in [7, 11) is 6.14. The number of aryl methyl sites for hydroxylation is 1. The van der Waals surface area contributed by atoms with Crippen LogP contribution in [0.25, 0.3) is 0 Å². The molecule has 16 atom stereocenters.